The Morgan fingerprint density at radius 1 is 1.02 bits per heavy atom. The number of amides is 1. The van der Waals surface area contributed by atoms with Crippen LogP contribution in [-0.4, -0.2) is 57.8 Å². The highest BCUT2D eigenvalue weighted by Gasteiger charge is 2.36. The van der Waals surface area contributed by atoms with Crippen molar-refractivity contribution < 1.29 is 22.7 Å². The summed E-state index contributed by atoms with van der Waals surface area (Å²) in [5.41, 5.74) is 1.04. The number of carbonyl (C=O) groups excluding carboxylic acids is 1. The second-order valence-electron chi connectivity index (χ2n) is 10.2. The third-order valence-electron chi connectivity index (χ3n) is 7.13. The van der Waals surface area contributed by atoms with Crippen molar-refractivity contribution in [3.8, 4) is 5.82 Å². The first-order chi connectivity index (χ1) is 20.2. The van der Waals surface area contributed by atoms with E-state index >= 15 is 0 Å². The van der Waals surface area contributed by atoms with Crippen LogP contribution in [0, 0.1) is 6.92 Å². The van der Waals surface area contributed by atoms with Crippen LogP contribution in [0.5, 0.6) is 0 Å². The zero-order valence-corrected chi connectivity index (χ0v) is 22.8. The van der Waals surface area contributed by atoms with E-state index in [4.69, 9.17) is 4.74 Å². The van der Waals surface area contributed by atoms with Crippen molar-refractivity contribution in [2.24, 2.45) is 0 Å². The van der Waals surface area contributed by atoms with Gasteiger partial charge in [0.1, 0.15) is 18.0 Å². The van der Waals surface area contributed by atoms with E-state index in [1.165, 1.54) is 18.5 Å². The molecule has 2 fully saturated rings. The molecular weight excluding hydrogens is 549 g/mol. The molecule has 1 saturated heterocycles. The number of nitrogens with zero attached hydrogens (tertiary/aromatic N) is 5. The first-order valence-electron chi connectivity index (χ1n) is 13.6. The van der Waals surface area contributed by atoms with Crippen molar-refractivity contribution in [3.63, 3.8) is 0 Å². The van der Waals surface area contributed by atoms with E-state index in [1.54, 1.807) is 40.1 Å². The lowest BCUT2D eigenvalue weighted by Gasteiger charge is -2.31. The Morgan fingerprint density at radius 2 is 1.83 bits per heavy atom. The van der Waals surface area contributed by atoms with Crippen LogP contribution >= 0.6 is 0 Å². The summed E-state index contributed by atoms with van der Waals surface area (Å²) in [5.74, 6) is 1.19. The van der Waals surface area contributed by atoms with Crippen molar-refractivity contribution in [2.75, 3.05) is 47.2 Å². The monoisotopic (exact) mass is 578 g/mol. The van der Waals surface area contributed by atoms with E-state index < -0.39 is 17.6 Å². The molecule has 10 nitrogen and oxygen atoms in total. The number of morpholine rings is 1. The van der Waals surface area contributed by atoms with Crippen LogP contribution in [0.2, 0.25) is 0 Å². The summed E-state index contributed by atoms with van der Waals surface area (Å²) in [6.45, 7) is 3.29. The highest BCUT2D eigenvalue weighted by Crippen LogP contribution is 2.38. The fraction of sp³-hybridized carbons (Fsp3) is 0.310. The van der Waals surface area contributed by atoms with E-state index in [9.17, 15) is 18.0 Å². The van der Waals surface area contributed by atoms with Crippen LogP contribution in [0.25, 0.3) is 5.82 Å². The summed E-state index contributed by atoms with van der Waals surface area (Å²) in [6, 6.07) is 11.1. The van der Waals surface area contributed by atoms with Gasteiger partial charge in [0.2, 0.25) is 5.95 Å². The maximum atomic E-state index is 14.0. The fourth-order valence-corrected chi connectivity index (χ4v) is 4.72. The predicted molar refractivity (Wildman–Crippen MR) is 153 cm³/mol. The van der Waals surface area contributed by atoms with Gasteiger partial charge in [0.25, 0.3) is 5.91 Å². The van der Waals surface area contributed by atoms with Crippen LogP contribution in [0.3, 0.4) is 0 Å². The smallest absolute Gasteiger partial charge is 0.378 e. The average Bonchev–Trinajstić information content (AvgIpc) is 3.68. The Kier molecular flexibility index (Phi) is 7.42. The average molecular weight is 579 g/mol. The molecular formula is C29H29F3N8O2. The number of aryl methyl sites for hydroxylation is 1. The first kappa shape index (κ1) is 27.5. The molecule has 0 radical (unpaired) electrons. The van der Waals surface area contributed by atoms with Crippen LogP contribution < -0.4 is 20.9 Å². The Hall–Kier alpha value is -4.65. The molecule has 3 N–H and O–H groups in total. The maximum absolute atomic E-state index is 14.0. The van der Waals surface area contributed by atoms with Gasteiger partial charge in [-0.1, -0.05) is 6.07 Å². The van der Waals surface area contributed by atoms with E-state index in [-0.39, 0.29) is 11.3 Å². The van der Waals surface area contributed by atoms with Crippen molar-refractivity contribution in [1.29, 1.82) is 0 Å². The number of halogens is 3. The lowest BCUT2D eigenvalue weighted by molar-refractivity contribution is -0.137. The van der Waals surface area contributed by atoms with Crippen molar-refractivity contribution in [1.82, 2.24) is 19.5 Å². The standard InChI is InChI=1S/C29H29F3N8O2/c1-18-2-4-21(37-27(41)19-3-7-24(22(14-19)29(30,31)32)39-10-12-42-13-11-39)15-23(18)38-28-33-8-9-40(28)26-16-25(34-17-35-26)36-20-5-6-20/h2-4,7-9,14-17,20H,5-6,10-13H2,1H3,(H,33,38)(H,37,41)(H,34,35,36). The fourth-order valence-electron chi connectivity index (χ4n) is 4.72. The van der Waals surface area contributed by atoms with Gasteiger partial charge in [0.05, 0.1) is 18.8 Å². The SMILES string of the molecule is Cc1ccc(NC(=O)c2ccc(N3CCOCC3)c(C(F)(F)F)c2)cc1Nc1nccn1-c1cc(NC2CC2)ncn1. The van der Waals surface area contributed by atoms with Crippen molar-refractivity contribution >= 4 is 34.7 Å². The van der Waals surface area contributed by atoms with Crippen LogP contribution in [0.4, 0.5) is 42.0 Å². The number of hydrogen-bond acceptors (Lipinski definition) is 8. The maximum Gasteiger partial charge on any atom is 0.418 e. The molecule has 0 bridgehead atoms. The normalized spacial score (nSPS) is 15.4. The highest BCUT2D eigenvalue weighted by molar-refractivity contribution is 6.05. The molecule has 0 spiro atoms. The second kappa shape index (κ2) is 11.3. The van der Waals surface area contributed by atoms with Gasteiger partial charge >= 0.3 is 6.18 Å². The first-order valence-corrected chi connectivity index (χ1v) is 13.6. The summed E-state index contributed by atoms with van der Waals surface area (Å²) in [6.07, 6.45) is 2.51. The Morgan fingerprint density at radius 3 is 2.60 bits per heavy atom. The minimum atomic E-state index is -4.62. The van der Waals surface area contributed by atoms with Crippen LogP contribution in [0.1, 0.15) is 34.3 Å². The molecule has 1 amide bonds. The molecule has 1 saturated carbocycles. The van der Waals surface area contributed by atoms with Gasteiger partial charge in [-0.15, -0.1) is 0 Å². The predicted octanol–water partition coefficient (Wildman–Crippen LogP) is 5.40. The summed E-state index contributed by atoms with van der Waals surface area (Å²) < 4.78 is 49.0. The molecule has 218 valence electrons. The van der Waals surface area contributed by atoms with E-state index in [0.29, 0.717) is 55.5 Å². The molecule has 3 heterocycles. The van der Waals surface area contributed by atoms with Gasteiger partial charge in [-0.3, -0.25) is 9.36 Å². The number of ether oxygens (including phenoxy) is 1. The van der Waals surface area contributed by atoms with Crippen LogP contribution in [-0.2, 0) is 10.9 Å². The van der Waals surface area contributed by atoms with Crippen LogP contribution in [0.15, 0.2) is 61.2 Å². The second-order valence-corrected chi connectivity index (χ2v) is 10.2. The van der Waals surface area contributed by atoms with Gasteiger partial charge in [-0.25, -0.2) is 15.0 Å². The number of rotatable bonds is 8. The zero-order chi connectivity index (χ0) is 29.3. The van der Waals surface area contributed by atoms with Gasteiger partial charge in [-0.2, -0.15) is 13.2 Å². The van der Waals surface area contributed by atoms with Gasteiger partial charge < -0.3 is 25.6 Å². The van der Waals surface area contributed by atoms with Gasteiger partial charge in [0, 0.05) is 60.2 Å². The number of aromatic nitrogens is 4. The molecule has 1 aliphatic carbocycles. The number of nitrogens with one attached hydrogen (secondary N) is 3. The minimum absolute atomic E-state index is 0.0406. The molecule has 4 aromatic rings. The third kappa shape index (κ3) is 6.15. The number of benzene rings is 2. The van der Waals surface area contributed by atoms with Crippen molar-refractivity contribution in [3.05, 3.63) is 77.9 Å². The molecule has 0 unspecified atom stereocenters. The molecule has 6 rings (SSSR count). The molecule has 1 aliphatic heterocycles. The molecule has 2 aliphatic rings. The summed E-state index contributed by atoms with van der Waals surface area (Å²) in [5, 5.41) is 9.35. The largest absolute Gasteiger partial charge is 0.418 e. The topological polar surface area (TPSA) is 109 Å². The lowest BCUT2D eigenvalue weighted by atomic mass is 10.1. The molecule has 2 aromatic heterocycles. The number of imidazole rings is 1. The van der Waals surface area contributed by atoms with Crippen molar-refractivity contribution in [2.45, 2.75) is 32.0 Å². The molecule has 0 atom stereocenters. The van der Waals surface area contributed by atoms with Gasteiger partial charge in [0.15, 0.2) is 0 Å². The van der Waals surface area contributed by atoms with E-state index in [0.717, 1.165) is 30.3 Å². The summed E-state index contributed by atoms with van der Waals surface area (Å²) >= 11 is 0. The molecule has 13 heteroatoms. The summed E-state index contributed by atoms with van der Waals surface area (Å²) in [4.78, 5) is 27.8. The summed E-state index contributed by atoms with van der Waals surface area (Å²) in [7, 11) is 0. The lowest BCUT2D eigenvalue weighted by Crippen LogP contribution is -2.37. The molecule has 42 heavy (non-hydrogen) atoms. The zero-order valence-electron chi connectivity index (χ0n) is 22.8. The Labute approximate surface area is 239 Å². The number of alkyl halides is 3. The van der Waals surface area contributed by atoms with Gasteiger partial charge in [-0.05, 0) is 55.7 Å². The minimum Gasteiger partial charge on any atom is -0.378 e. The number of anilines is 5. The highest BCUT2D eigenvalue weighted by atomic mass is 19.4. The Bertz CT molecular complexity index is 1600. The third-order valence-corrected chi connectivity index (χ3v) is 7.13. The van der Waals surface area contributed by atoms with E-state index in [2.05, 4.69) is 30.9 Å². The number of carbonyl (C=O) groups is 1. The quantitative estimate of drug-likeness (QED) is 0.255. The molecule has 2 aromatic carbocycles. The van der Waals surface area contributed by atoms with E-state index in [1.807, 2.05) is 13.0 Å². The Balaban J connectivity index is 1.21. The number of hydrogen-bond donors (Lipinski definition) is 3.